The number of hydrogen-bond acceptors (Lipinski definition) is 3. The number of aromatic nitrogens is 3. The van der Waals surface area contributed by atoms with Crippen molar-refractivity contribution in [2.24, 2.45) is 0 Å². The molecule has 0 unspecified atom stereocenters. The molecule has 4 rings (SSSR count). The van der Waals surface area contributed by atoms with Crippen molar-refractivity contribution in [2.45, 2.75) is 44.6 Å². The lowest BCUT2D eigenvalue weighted by molar-refractivity contribution is 0.412. The van der Waals surface area contributed by atoms with Gasteiger partial charge >= 0.3 is 0 Å². The molecule has 2 atom stereocenters. The third-order valence-electron chi connectivity index (χ3n) is 5.07. The van der Waals surface area contributed by atoms with Gasteiger partial charge in [-0.25, -0.2) is 4.98 Å². The summed E-state index contributed by atoms with van der Waals surface area (Å²) in [6, 6.07) is 2.59. The Morgan fingerprint density at radius 3 is 3.00 bits per heavy atom. The van der Waals surface area contributed by atoms with Crippen LogP contribution in [0.25, 0.3) is 0 Å². The monoisotopic (exact) mass is 380 g/mol. The minimum atomic E-state index is 0.0835. The van der Waals surface area contributed by atoms with Crippen molar-refractivity contribution >= 4 is 33.3 Å². The third kappa shape index (κ3) is 2.02. The van der Waals surface area contributed by atoms with Gasteiger partial charge in [0.25, 0.3) is 0 Å². The number of halogens is 2. The second-order valence-electron chi connectivity index (χ2n) is 6.55. The first kappa shape index (κ1) is 14.5. The van der Waals surface area contributed by atoms with Crippen LogP contribution in [0.4, 0.5) is 5.82 Å². The van der Waals surface area contributed by atoms with Crippen LogP contribution >= 0.6 is 27.5 Å². The molecule has 1 fully saturated rings. The average Bonchev–Trinajstić information content (AvgIpc) is 3.14. The van der Waals surface area contributed by atoms with Crippen molar-refractivity contribution in [3.8, 4) is 0 Å². The fourth-order valence-electron chi connectivity index (χ4n) is 4.14. The average molecular weight is 382 g/mol. The predicted octanol–water partition coefficient (Wildman–Crippen LogP) is 4.40. The summed E-state index contributed by atoms with van der Waals surface area (Å²) in [7, 11) is 0. The summed E-state index contributed by atoms with van der Waals surface area (Å²) in [5.41, 5.74) is 3.60. The summed E-state index contributed by atoms with van der Waals surface area (Å²) in [4.78, 5) is 4.49. The van der Waals surface area contributed by atoms with Crippen LogP contribution in [0.15, 0.2) is 16.7 Å². The Morgan fingerprint density at radius 1 is 1.45 bits per heavy atom. The topological polar surface area (TPSA) is 42.7 Å². The normalized spacial score (nSPS) is 26.5. The molecule has 116 valence electrons. The van der Waals surface area contributed by atoms with Gasteiger partial charge in [0.05, 0.1) is 21.2 Å². The Kier molecular flexibility index (Phi) is 3.28. The van der Waals surface area contributed by atoms with Crippen LogP contribution in [-0.2, 0) is 5.41 Å². The number of aryl methyl sites for hydroxylation is 2. The third-order valence-corrected chi connectivity index (χ3v) is 6.29. The Hall–Kier alpha value is -1.07. The van der Waals surface area contributed by atoms with Crippen molar-refractivity contribution in [1.29, 1.82) is 0 Å². The molecule has 0 bridgehead atoms. The minimum Gasteiger partial charge on any atom is -0.369 e. The first-order chi connectivity index (χ1) is 10.5. The van der Waals surface area contributed by atoms with Gasteiger partial charge in [-0.05, 0) is 55.1 Å². The van der Waals surface area contributed by atoms with E-state index in [9.17, 15) is 0 Å². The van der Waals surface area contributed by atoms with Crippen molar-refractivity contribution in [3.05, 3.63) is 38.7 Å². The Bertz CT molecular complexity index is 757. The van der Waals surface area contributed by atoms with Gasteiger partial charge in [-0.1, -0.05) is 11.6 Å². The molecule has 2 aliphatic rings. The smallest absolute Gasteiger partial charge is 0.131 e. The molecule has 6 heteroatoms. The summed E-state index contributed by atoms with van der Waals surface area (Å²) >= 11 is 10.1. The van der Waals surface area contributed by atoms with Gasteiger partial charge in [-0.3, -0.25) is 4.68 Å². The van der Waals surface area contributed by atoms with E-state index in [4.69, 9.17) is 11.6 Å². The lowest BCUT2D eigenvalue weighted by Crippen LogP contribution is -2.26. The number of anilines is 1. The SMILES string of the molecule is Cc1cc(C)n([C@H]2CC[C@@]3(CNc4ncc(Br)c(Cl)c43)C2)n1. The molecular formula is C16H18BrClN4. The highest BCUT2D eigenvalue weighted by Gasteiger charge is 2.48. The largest absolute Gasteiger partial charge is 0.369 e. The molecule has 3 heterocycles. The standard InChI is InChI=1S/C16H18BrClN4/c1-9-5-10(2)22(21-9)11-3-4-16(6-11)8-20-15-13(16)14(18)12(17)7-19-15/h5,7,11H,3-4,6,8H2,1-2H3,(H,19,20)/t11-,16-/m0/s1. The minimum absolute atomic E-state index is 0.0835. The molecule has 1 spiro atoms. The van der Waals surface area contributed by atoms with E-state index in [0.717, 1.165) is 46.8 Å². The molecule has 22 heavy (non-hydrogen) atoms. The van der Waals surface area contributed by atoms with Crippen LogP contribution in [0, 0.1) is 13.8 Å². The molecule has 0 radical (unpaired) electrons. The zero-order valence-electron chi connectivity index (χ0n) is 12.7. The van der Waals surface area contributed by atoms with Gasteiger partial charge in [-0.2, -0.15) is 5.10 Å². The number of nitrogens with zero attached hydrogens (tertiary/aromatic N) is 3. The Morgan fingerprint density at radius 2 is 2.27 bits per heavy atom. The number of rotatable bonds is 1. The van der Waals surface area contributed by atoms with E-state index < -0.39 is 0 Å². The van der Waals surface area contributed by atoms with E-state index in [1.165, 1.54) is 11.3 Å². The van der Waals surface area contributed by atoms with Crippen molar-refractivity contribution in [2.75, 3.05) is 11.9 Å². The van der Waals surface area contributed by atoms with Crippen LogP contribution in [-0.4, -0.2) is 21.3 Å². The molecule has 1 aliphatic carbocycles. The lowest BCUT2D eigenvalue weighted by atomic mass is 9.81. The summed E-state index contributed by atoms with van der Waals surface area (Å²) in [6.45, 7) is 5.11. The van der Waals surface area contributed by atoms with E-state index in [2.05, 4.69) is 55.9 Å². The molecule has 2 aromatic rings. The summed E-state index contributed by atoms with van der Waals surface area (Å²) in [5, 5.41) is 8.94. The van der Waals surface area contributed by atoms with Gasteiger partial charge in [-0.15, -0.1) is 0 Å². The quantitative estimate of drug-likeness (QED) is 0.796. The highest BCUT2D eigenvalue weighted by molar-refractivity contribution is 9.10. The number of fused-ring (bicyclic) bond motifs is 2. The van der Waals surface area contributed by atoms with E-state index in [1.807, 2.05) is 0 Å². The van der Waals surface area contributed by atoms with Gasteiger partial charge < -0.3 is 5.32 Å². The Labute approximate surface area is 143 Å². The first-order valence-electron chi connectivity index (χ1n) is 7.61. The number of pyridine rings is 1. The summed E-state index contributed by atoms with van der Waals surface area (Å²) < 4.78 is 3.08. The molecule has 2 aromatic heterocycles. The van der Waals surface area contributed by atoms with Crippen molar-refractivity contribution < 1.29 is 0 Å². The highest BCUT2D eigenvalue weighted by Crippen LogP contribution is 2.54. The summed E-state index contributed by atoms with van der Waals surface area (Å²) in [6.07, 6.45) is 5.09. The van der Waals surface area contributed by atoms with E-state index in [-0.39, 0.29) is 5.41 Å². The molecule has 0 aromatic carbocycles. The van der Waals surface area contributed by atoms with Crippen molar-refractivity contribution in [3.63, 3.8) is 0 Å². The van der Waals surface area contributed by atoms with Crippen LogP contribution in [0.5, 0.6) is 0 Å². The van der Waals surface area contributed by atoms with Gasteiger partial charge in [0.2, 0.25) is 0 Å². The highest BCUT2D eigenvalue weighted by atomic mass is 79.9. The second-order valence-corrected chi connectivity index (χ2v) is 7.78. The van der Waals surface area contributed by atoms with E-state index in [0.29, 0.717) is 6.04 Å². The predicted molar refractivity (Wildman–Crippen MR) is 91.7 cm³/mol. The fraction of sp³-hybridized carbons (Fsp3) is 0.500. The van der Waals surface area contributed by atoms with Gasteiger partial charge in [0.1, 0.15) is 5.82 Å². The molecule has 0 amide bonds. The summed E-state index contributed by atoms with van der Waals surface area (Å²) in [5.74, 6) is 0.946. The van der Waals surface area contributed by atoms with Crippen LogP contribution < -0.4 is 5.32 Å². The van der Waals surface area contributed by atoms with E-state index in [1.54, 1.807) is 6.20 Å². The Balaban J connectivity index is 1.72. The van der Waals surface area contributed by atoms with Crippen LogP contribution in [0.1, 0.15) is 42.3 Å². The molecule has 1 N–H and O–H groups in total. The molecule has 0 saturated heterocycles. The molecule has 1 aliphatic heterocycles. The zero-order chi connectivity index (χ0) is 15.5. The van der Waals surface area contributed by atoms with Gasteiger partial charge in [0.15, 0.2) is 0 Å². The number of nitrogens with one attached hydrogen (secondary N) is 1. The molecule has 1 saturated carbocycles. The lowest BCUT2D eigenvalue weighted by Gasteiger charge is -2.25. The maximum Gasteiger partial charge on any atom is 0.131 e. The number of hydrogen-bond donors (Lipinski definition) is 1. The second kappa shape index (κ2) is 4.96. The van der Waals surface area contributed by atoms with Gasteiger partial charge in [0, 0.05) is 29.4 Å². The zero-order valence-corrected chi connectivity index (χ0v) is 15.0. The fourth-order valence-corrected chi connectivity index (χ4v) is 4.77. The molecular weight excluding hydrogens is 364 g/mol. The van der Waals surface area contributed by atoms with Crippen LogP contribution in [0.2, 0.25) is 5.02 Å². The van der Waals surface area contributed by atoms with E-state index >= 15 is 0 Å². The maximum atomic E-state index is 6.59. The molecule has 4 nitrogen and oxygen atoms in total. The first-order valence-corrected chi connectivity index (χ1v) is 8.78. The van der Waals surface area contributed by atoms with Crippen molar-refractivity contribution in [1.82, 2.24) is 14.8 Å². The van der Waals surface area contributed by atoms with Crippen LogP contribution in [0.3, 0.4) is 0 Å². The maximum absolute atomic E-state index is 6.59.